The summed E-state index contributed by atoms with van der Waals surface area (Å²) >= 11 is 0. The van der Waals surface area contributed by atoms with E-state index in [0.29, 0.717) is 5.75 Å². The van der Waals surface area contributed by atoms with Crippen LogP contribution in [0.4, 0.5) is 0 Å². The summed E-state index contributed by atoms with van der Waals surface area (Å²) in [6.07, 6.45) is 0.209. The lowest BCUT2D eigenvalue weighted by Crippen LogP contribution is -2.38. The molecule has 3 aromatic rings. The Morgan fingerprint density at radius 3 is 2.10 bits per heavy atom. The zero-order chi connectivity index (χ0) is 28.5. The van der Waals surface area contributed by atoms with Crippen molar-refractivity contribution in [2.24, 2.45) is 11.8 Å². The number of methoxy groups -OCH3 is 1. The molecule has 0 amide bonds. The number of Topliss-reactive ketones (excluding diaryl/α,β-unsaturated/α-hetero) is 1. The third-order valence-corrected chi connectivity index (χ3v) is 6.15. The Balaban J connectivity index is 1.65. The summed E-state index contributed by atoms with van der Waals surface area (Å²) in [6, 6.07) is 19.3. The number of aromatic nitrogens is 1. The molecule has 0 spiro atoms. The van der Waals surface area contributed by atoms with E-state index in [1.807, 2.05) is 68.4 Å². The van der Waals surface area contributed by atoms with Gasteiger partial charge in [-0.05, 0) is 36.1 Å². The van der Waals surface area contributed by atoms with Crippen LogP contribution in [-0.4, -0.2) is 42.0 Å². The Morgan fingerprint density at radius 1 is 0.872 bits per heavy atom. The summed E-state index contributed by atoms with van der Waals surface area (Å²) in [7, 11) is 1.39. The standard InChI is InChI=1S/C31H35NO7/c1-19(2)29(39-25-14-12-24(13-15-25)23-10-8-7-9-11-23)21(4)37-31(35)20(3)18-26(34)28-30(38-22(5)33)27(36-6)16-17-32-28/h7-17,19-21,29H,18H2,1-6H3/t20-,21+,29-/m1/s1. The van der Waals surface area contributed by atoms with Gasteiger partial charge in [-0.3, -0.25) is 14.4 Å². The van der Waals surface area contributed by atoms with E-state index in [9.17, 15) is 14.4 Å². The normalized spacial score (nSPS) is 13.2. The minimum Gasteiger partial charge on any atom is -0.493 e. The summed E-state index contributed by atoms with van der Waals surface area (Å²) in [5.41, 5.74) is 2.10. The molecule has 206 valence electrons. The Kier molecular flexibility index (Phi) is 10.2. The molecule has 0 unspecified atom stereocenters. The predicted octanol–water partition coefficient (Wildman–Crippen LogP) is 5.93. The average molecular weight is 534 g/mol. The molecule has 8 nitrogen and oxygen atoms in total. The van der Waals surface area contributed by atoms with Gasteiger partial charge in [0.1, 0.15) is 18.0 Å². The van der Waals surface area contributed by atoms with Gasteiger partial charge in [0.05, 0.1) is 13.0 Å². The van der Waals surface area contributed by atoms with Gasteiger partial charge in [0, 0.05) is 25.6 Å². The molecule has 0 saturated heterocycles. The van der Waals surface area contributed by atoms with Crippen LogP contribution in [-0.2, 0) is 14.3 Å². The van der Waals surface area contributed by atoms with Crippen LogP contribution in [0.15, 0.2) is 66.9 Å². The molecular weight excluding hydrogens is 498 g/mol. The Bertz CT molecular complexity index is 1270. The summed E-state index contributed by atoms with van der Waals surface area (Å²) in [5.74, 6) is -1.56. The fourth-order valence-electron chi connectivity index (χ4n) is 4.14. The number of carbonyl (C=O) groups excluding carboxylic acids is 3. The van der Waals surface area contributed by atoms with E-state index in [1.165, 1.54) is 26.3 Å². The molecule has 0 N–H and O–H groups in total. The molecule has 0 aliphatic heterocycles. The molecule has 3 atom stereocenters. The molecule has 0 aliphatic rings. The number of benzene rings is 2. The van der Waals surface area contributed by atoms with E-state index < -0.39 is 35.8 Å². The molecule has 0 aliphatic carbocycles. The van der Waals surface area contributed by atoms with Crippen LogP contribution in [0, 0.1) is 11.8 Å². The lowest BCUT2D eigenvalue weighted by Gasteiger charge is -2.29. The van der Waals surface area contributed by atoms with Crippen LogP contribution in [0.1, 0.15) is 51.5 Å². The van der Waals surface area contributed by atoms with Crippen LogP contribution >= 0.6 is 0 Å². The molecule has 39 heavy (non-hydrogen) atoms. The maximum Gasteiger partial charge on any atom is 0.309 e. The van der Waals surface area contributed by atoms with Crippen LogP contribution in [0.3, 0.4) is 0 Å². The summed E-state index contributed by atoms with van der Waals surface area (Å²) in [6.45, 7) is 8.58. The van der Waals surface area contributed by atoms with Gasteiger partial charge in [-0.25, -0.2) is 4.98 Å². The summed E-state index contributed by atoms with van der Waals surface area (Å²) < 4.78 is 22.3. The number of ether oxygens (including phenoxy) is 4. The quantitative estimate of drug-likeness (QED) is 0.209. The third kappa shape index (κ3) is 7.89. The highest BCUT2D eigenvalue weighted by molar-refractivity contribution is 5.99. The minimum atomic E-state index is -0.768. The zero-order valence-electron chi connectivity index (χ0n) is 23.2. The lowest BCUT2D eigenvalue weighted by atomic mass is 10.0. The number of esters is 2. The molecule has 3 rings (SSSR count). The Hall–Kier alpha value is -4.20. The van der Waals surface area contributed by atoms with Crippen molar-refractivity contribution < 1.29 is 33.3 Å². The first-order valence-electron chi connectivity index (χ1n) is 12.9. The third-order valence-electron chi connectivity index (χ3n) is 6.15. The first-order chi connectivity index (χ1) is 18.6. The molecule has 8 heteroatoms. The van der Waals surface area contributed by atoms with Crippen molar-refractivity contribution in [3.05, 3.63) is 72.6 Å². The molecule has 0 saturated carbocycles. The van der Waals surface area contributed by atoms with Gasteiger partial charge in [0.2, 0.25) is 5.75 Å². The van der Waals surface area contributed by atoms with Crippen LogP contribution in [0.2, 0.25) is 0 Å². The van der Waals surface area contributed by atoms with E-state index in [0.717, 1.165) is 11.1 Å². The van der Waals surface area contributed by atoms with Crippen LogP contribution in [0.25, 0.3) is 11.1 Å². The van der Waals surface area contributed by atoms with E-state index >= 15 is 0 Å². The number of hydrogen-bond acceptors (Lipinski definition) is 8. The molecule has 0 radical (unpaired) electrons. The summed E-state index contributed by atoms with van der Waals surface area (Å²) in [4.78, 5) is 41.5. The van der Waals surface area contributed by atoms with Crippen LogP contribution < -0.4 is 14.2 Å². The minimum absolute atomic E-state index is 0.0470. The highest BCUT2D eigenvalue weighted by Gasteiger charge is 2.30. The van der Waals surface area contributed by atoms with Gasteiger partial charge in [0.15, 0.2) is 17.2 Å². The van der Waals surface area contributed by atoms with Gasteiger partial charge in [0.25, 0.3) is 0 Å². The molecule has 0 fully saturated rings. The molecule has 2 aromatic carbocycles. The highest BCUT2D eigenvalue weighted by Crippen LogP contribution is 2.31. The largest absolute Gasteiger partial charge is 0.493 e. The fourth-order valence-corrected chi connectivity index (χ4v) is 4.14. The van der Waals surface area contributed by atoms with E-state index in [-0.39, 0.29) is 29.5 Å². The second kappa shape index (κ2) is 13.6. The smallest absolute Gasteiger partial charge is 0.309 e. The molecular formula is C31H35NO7. The van der Waals surface area contributed by atoms with E-state index in [4.69, 9.17) is 18.9 Å². The number of nitrogens with zero attached hydrogens (tertiary/aromatic N) is 1. The number of carbonyl (C=O) groups is 3. The summed E-state index contributed by atoms with van der Waals surface area (Å²) in [5, 5.41) is 0. The van der Waals surface area contributed by atoms with Gasteiger partial charge in [-0.2, -0.15) is 0 Å². The zero-order valence-corrected chi connectivity index (χ0v) is 23.2. The SMILES string of the molecule is COc1ccnc(C(=O)C[C@@H](C)C(=O)O[C@@H](C)[C@H](Oc2ccc(-c3ccccc3)cc2)C(C)C)c1OC(C)=O. The Labute approximate surface area is 229 Å². The number of pyridine rings is 1. The van der Waals surface area contributed by atoms with Crippen molar-refractivity contribution in [3.63, 3.8) is 0 Å². The second-order valence-electron chi connectivity index (χ2n) is 9.67. The van der Waals surface area contributed by atoms with E-state index in [2.05, 4.69) is 4.98 Å². The van der Waals surface area contributed by atoms with Crippen molar-refractivity contribution in [1.29, 1.82) is 0 Å². The van der Waals surface area contributed by atoms with Gasteiger partial charge in [-0.15, -0.1) is 0 Å². The van der Waals surface area contributed by atoms with Crippen molar-refractivity contribution in [2.45, 2.75) is 53.2 Å². The average Bonchev–Trinajstić information content (AvgIpc) is 2.91. The predicted molar refractivity (Wildman–Crippen MR) is 147 cm³/mol. The fraction of sp³-hybridized carbons (Fsp3) is 0.355. The first kappa shape index (κ1) is 29.4. The number of ketones is 1. The van der Waals surface area contributed by atoms with Crippen molar-refractivity contribution in [3.8, 4) is 28.4 Å². The number of rotatable bonds is 12. The van der Waals surface area contributed by atoms with Crippen LogP contribution in [0.5, 0.6) is 17.2 Å². The van der Waals surface area contributed by atoms with Crippen molar-refractivity contribution >= 4 is 17.7 Å². The van der Waals surface area contributed by atoms with Crippen molar-refractivity contribution in [2.75, 3.05) is 7.11 Å². The number of hydrogen-bond donors (Lipinski definition) is 0. The molecule has 0 bridgehead atoms. The molecule has 1 aromatic heterocycles. The maximum absolute atomic E-state index is 13.0. The van der Waals surface area contributed by atoms with Crippen molar-refractivity contribution in [1.82, 2.24) is 4.98 Å². The van der Waals surface area contributed by atoms with E-state index in [1.54, 1.807) is 13.8 Å². The first-order valence-corrected chi connectivity index (χ1v) is 12.9. The molecule has 1 heterocycles. The lowest BCUT2D eigenvalue weighted by molar-refractivity contribution is -0.158. The second-order valence-corrected chi connectivity index (χ2v) is 9.67. The Morgan fingerprint density at radius 2 is 1.51 bits per heavy atom. The van der Waals surface area contributed by atoms with Gasteiger partial charge in [-0.1, -0.05) is 63.2 Å². The van der Waals surface area contributed by atoms with Gasteiger partial charge >= 0.3 is 11.9 Å². The topological polar surface area (TPSA) is 101 Å². The monoisotopic (exact) mass is 533 g/mol. The highest BCUT2D eigenvalue weighted by atomic mass is 16.6. The van der Waals surface area contributed by atoms with Gasteiger partial charge < -0.3 is 18.9 Å². The maximum atomic E-state index is 13.0.